The van der Waals surface area contributed by atoms with Gasteiger partial charge in [-0.05, 0) is 50.3 Å². The van der Waals surface area contributed by atoms with Crippen LogP contribution in [0.15, 0.2) is 30.3 Å². The lowest BCUT2D eigenvalue weighted by Crippen LogP contribution is -2.61. The number of fused-ring (bicyclic) bond motifs is 2. The first-order valence-electron chi connectivity index (χ1n) is 10.00. The van der Waals surface area contributed by atoms with Crippen LogP contribution in [-0.4, -0.2) is 60.6 Å². The van der Waals surface area contributed by atoms with Crippen LogP contribution in [0.1, 0.15) is 37.2 Å². The van der Waals surface area contributed by atoms with E-state index in [1.807, 2.05) is 0 Å². The highest BCUT2D eigenvalue weighted by Gasteiger charge is 2.55. The zero-order chi connectivity index (χ0) is 16.8. The first-order chi connectivity index (χ1) is 12.3. The van der Waals surface area contributed by atoms with Crippen molar-refractivity contribution in [3.63, 3.8) is 0 Å². The van der Waals surface area contributed by atoms with E-state index in [2.05, 4.69) is 40.1 Å². The molecule has 5 heterocycles. The van der Waals surface area contributed by atoms with E-state index in [9.17, 15) is 4.79 Å². The second-order valence-electron chi connectivity index (χ2n) is 8.25. The summed E-state index contributed by atoms with van der Waals surface area (Å²) in [6.07, 6.45) is 4.33. The van der Waals surface area contributed by atoms with Crippen LogP contribution in [0, 0.1) is 11.8 Å². The summed E-state index contributed by atoms with van der Waals surface area (Å²) in [5.74, 6) is 1.76. The van der Waals surface area contributed by atoms with E-state index in [1.54, 1.807) is 0 Å². The summed E-state index contributed by atoms with van der Waals surface area (Å²) in [7, 11) is 0. The summed E-state index contributed by atoms with van der Waals surface area (Å²) in [6.45, 7) is 4.83. The Morgan fingerprint density at radius 3 is 2.40 bits per heavy atom. The van der Waals surface area contributed by atoms with E-state index in [1.165, 1.54) is 31.5 Å². The molecule has 0 saturated carbocycles. The minimum Gasteiger partial charge on any atom is -0.381 e. The Labute approximate surface area is 150 Å². The van der Waals surface area contributed by atoms with Gasteiger partial charge in [-0.25, -0.2) is 0 Å². The van der Waals surface area contributed by atoms with Gasteiger partial charge < -0.3 is 9.64 Å². The zero-order valence-corrected chi connectivity index (χ0v) is 14.8. The van der Waals surface area contributed by atoms with E-state index in [0.29, 0.717) is 29.8 Å². The summed E-state index contributed by atoms with van der Waals surface area (Å²) >= 11 is 0. The molecule has 25 heavy (non-hydrogen) atoms. The van der Waals surface area contributed by atoms with Crippen LogP contribution in [0.25, 0.3) is 0 Å². The van der Waals surface area contributed by atoms with Crippen molar-refractivity contribution in [3.8, 4) is 0 Å². The van der Waals surface area contributed by atoms with Gasteiger partial charge in [0, 0.05) is 37.6 Å². The number of hydrogen-bond donors (Lipinski definition) is 0. The first kappa shape index (κ1) is 15.8. The fourth-order valence-electron chi connectivity index (χ4n) is 5.85. The molecule has 1 amide bonds. The summed E-state index contributed by atoms with van der Waals surface area (Å²) in [6, 6.07) is 11.9. The third-order valence-corrected chi connectivity index (χ3v) is 7.08. The van der Waals surface area contributed by atoms with E-state index in [-0.39, 0.29) is 5.92 Å². The Kier molecular flexibility index (Phi) is 4.05. The SMILES string of the molecule is O=C(C1CCOCC1)N1C[C@H](c2ccccc2)[C@H]2[C@@H]1C1CCN2CC1. The second kappa shape index (κ2) is 6.40. The van der Waals surface area contributed by atoms with Gasteiger partial charge in [0.25, 0.3) is 0 Å². The molecule has 1 aromatic rings. The molecule has 0 spiro atoms. The van der Waals surface area contributed by atoms with Crippen molar-refractivity contribution in [1.29, 1.82) is 0 Å². The maximum absolute atomic E-state index is 13.4. The number of amides is 1. The van der Waals surface area contributed by atoms with Gasteiger partial charge in [-0.3, -0.25) is 9.69 Å². The molecule has 4 heteroatoms. The number of nitrogens with zero attached hydrogens (tertiary/aromatic N) is 2. The number of ether oxygens (including phenoxy) is 1. The number of benzene rings is 1. The average Bonchev–Trinajstić information content (AvgIpc) is 3.12. The fourth-order valence-corrected chi connectivity index (χ4v) is 5.85. The molecule has 4 nitrogen and oxygen atoms in total. The Balaban J connectivity index is 1.46. The Morgan fingerprint density at radius 1 is 0.960 bits per heavy atom. The van der Waals surface area contributed by atoms with Gasteiger partial charge in [0.05, 0.1) is 6.04 Å². The average molecular weight is 340 g/mol. The lowest BCUT2D eigenvalue weighted by atomic mass is 9.75. The quantitative estimate of drug-likeness (QED) is 0.829. The standard InChI is InChI=1S/C21H28N2O2/c24-21(17-8-12-25-13-9-17)23-14-18(15-4-2-1-3-5-15)20-19(23)16-6-10-22(20)11-7-16/h1-5,16-20H,6-14H2/t18-,19+,20+/m1/s1. The van der Waals surface area contributed by atoms with Gasteiger partial charge in [-0.15, -0.1) is 0 Å². The highest BCUT2D eigenvalue weighted by Crippen LogP contribution is 2.47. The monoisotopic (exact) mass is 340 g/mol. The molecule has 0 unspecified atom stereocenters. The highest BCUT2D eigenvalue weighted by atomic mass is 16.5. The Morgan fingerprint density at radius 2 is 1.68 bits per heavy atom. The number of carbonyl (C=O) groups excluding carboxylic acids is 1. The van der Waals surface area contributed by atoms with E-state index < -0.39 is 0 Å². The molecule has 6 rings (SSSR count). The number of carbonyl (C=O) groups is 1. The van der Waals surface area contributed by atoms with Crippen LogP contribution in [-0.2, 0) is 9.53 Å². The molecule has 0 aliphatic carbocycles. The topological polar surface area (TPSA) is 32.8 Å². The molecular formula is C21H28N2O2. The number of piperidine rings is 3. The van der Waals surface area contributed by atoms with Crippen molar-refractivity contribution in [3.05, 3.63) is 35.9 Å². The smallest absolute Gasteiger partial charge is 0.226 e. The lowest BCUT2D eigenvalue weighted by Gasteiger charge is -2.51. The molecule has 3 atom stereocenters. The molecule has 1 aromatic carbocycles. The van der Waals surface area contributed by atoms with Gasteiger partial charge >= 0.3 is 0 Å². The van der Waals surface area contributed by atoms with Gasteiger partial charge in [0.15, 0.2) is 0 Å². The maximum Gasteiger partial charge on any atom is 0.226 e. The lowest BCUT2D eigenvalue weighted by molar-refractivity contribution is -0.143. The van der Waals surface area contributed by atoms with Gasteiger partial charge in [-0.2, -0.15) is 0 Å². The molecule has 0 radical (unpaired) electrons. The van der Waals surface area contributed by atoms with Crippen molar-refractivity contribution < 1.29 is 9.53 Å². The van der Waals surface area contributed by atoms with Crippen molar-refractivity contribution in [1.82, 2.24) is 9.80 Å². The minimum absolute atomic E-state index is 0.180. The van der Waals surface area contributed by atoms with Crippen LogP contribution in [0.5, 0.6) is 0 Å². The van der Waals surface area contributed by atoms with Crippen molar-refractivity contribution in [2.24, 2.45) is 11.8 Å². The number of hydrogen-bond acceptors (Lipinski definition) is 3. The Bertz CT molecular complexity index is 620. The molecule has 2 bridgehead atoms. The van der Waals surface area contributed by atoms with Gasteiger partial charge in [0.2, 0.25) is 5.91 Å². The van der Waals surface area contributed by atoms with E-state index in [0.717, 1.165) is 32.6 Å². The zero-order valence-electron chi connectivity index (χ0n) is 14.8. The summed E-state index contributed by atoms with van der Waals surface area (Å²) < 4.78 is 5.48. The molecule has 134 valence electrons. The van der Waals surface area contributed by atoms with Gasteiger partial charge in [-0.1, -0.05) is 30.3 Å². The molecule has 0 N–H and O–H groups in total. The van der Waals surface area contributed by atoms with E-state index >= 15 is 0 Å². The molecule has 5 aliphatic rings. The maximum atomic E-state index is 13.4. The van der Waals surface area contributed by atoms with Crippen LogP contribution in [0.4, 0.5) is 0 Å². The summed E-state index contributed by atoms with van der Waals surface area (Å²) in [5, 5.41) is 0. The molecule has 5 aliphatic heterocycles. The van der Waals surface area contributed by atoms with Crippen LogP contribution < -0.4 is 0 Å². The first-order valence-corrected chi connectivity index (χ1v) is 10.00. The van der Waals surface area contributed by atoms with Crippen molar-refractivity contribution >= 4 is 5.91 Å². The third kappa shape index (κ3) is 2.61. The molecular weight excluding hydrogens is 312 g/mol. The largest absolute Gasteiger partial charge is 0.381 e. The molecule has 5 saturated heterocycles. The predicted molar refractivity (Wildman–Crippen MR) is 96.3 cm³/mol. The molecule has 5 fully saturated rings. The van der Waals surface area contributed by atoms with E-state index in [4.69, 9.17) is 4.74 Å². The summed E-state index contributed by atoms with van der Waals surface area (Å²) in [5.41, 5.74) is 1.41. The normalized spacial score (nSPS) is 37.9. The Hall–Kier alpha value is -1.39. The second-order valence-corrected chi connectivity index (χ2v) is 8.25. The number of rotatable bonds is 2. The van der Waals surface area contributed by atoms with Gasteiger partial charge in [0.1, 0.15) is 0 Å². The van der Waals surface area contributed by atoms with Crippen LogP contribution in [0.3, 0.4) is 0 Å². The van der Waals surface area contributed by atoms with Crippen LogP contribution in [0.2, 0.25) is 0 Å². The van der Waals surface area contributed by atoms with Crippen molar-refractivity contribution in [2.75, 3.05) is 32.8 Å². The highest BCUT2D eigenvalue weighted by molar-refractivity contribution is 5.80. The third-order valence-electron chi connectivity index (χ3n) is 7.08. The minimum atomic E-state index is 0.180. The number of likely N-dealkylation sites (tertiary alicyclic amines) is 1. The molecule has 0 aromatic heterocycles. The fraction of sp³-hybridized carbons (Fsp3) is 0.667. The summed E-state index contributed by atoms with van der Waals surface area (Å²) in [4.78, 5) is 18.3. The van der Waals surface area contributed by atoms with Crippen molar-refractivity contribution in [2.45, 2.75) is 43.7 Å². The predicted octanol–water partition coefficient (Wildman–Crippen LogP) is 2.50. The van der Waals surface area contributed by atoms with Crippen LogP contribution >= 0.6 is 0 Å².